The maximum Gasteiger partial charge on any atom is 0.252 e. The predicted molar refractivity (Wildman–Crippen MR) is 124 cm³/mol. The van der Waals surface area contributed by atoms with E-state index in [2.05, 4.69) is 21.2 Å². The first kappa shape index (κ1) is 23.8. The first-order chi connectivity index (χ1) is 14.7. The van der Waals surface area contributed by atoms with Crippen molar-refractivity contribution in [2.45, 2.75) is 19.4 Å². The van der Waals surface area contributed by atoms with E-state index >= 15 is 0 Å². The summed E-state index contributed by atoms with van der Waals surface area (Å²) in [5.41, 5.74) is 2.31. The molecule has 31 heavy (non-hydrogen) atoms. The van der Waals surface area contributed by atoms with E-state index in [1.807, 2.05) is 12.1 Å². The van der Waals surface area contributed by atoms with Crippen LogP contribution in [0.4, 0.5) is 0 Å². The Hall–Kier alpha value is -1.81. The van der Waals surface area contributed by atoms with E-state index in [0.29, 0.717) is 41.5 Å². The van der Waals surface area contributed by atoms with Crippen molar-refractivity contribution in [2.75, 3.05) is 33.1 Å². The largest absolute Gasteiger partial charge is 0.493 e. The van der Waals surface area contributed by atoms with Gasteiger partial charge in [-0.15, -0.1) is 0 Å². The van der Waals surface area contributed by atoms with Crippen molar-refractivity contribution in [3.8, 4) is 11.5 Å². The number of nitrogens with zero attached hydrogens (tertiary/aromatic N) is 1. The molecule has 0 aliphatic carbocycles. The summed E-state index contributed by atoms with van der Waals surface area (Å²) in [6, 6.07) is 8.74. The number of hydrogen-bond donors (Lipinski definition) is 1. The van der Waals surface area contributed by atoms with E-state index in [0.717, 1.165) is 15.6 Å². The van der Waals surface area contributed by atoms with Gasteiger partial charge in [0.15, 0.2) is 11.5 Å². The Morgan fingerprint density at radius 3 is 2.52 bits per heavy atom. The molecule has 1 aliphatic heterocycles. The number of methoxy groups -OCH3 is 2. The second kappa shape index (κ2) is 10.2. The fraction of sp³-hybridized carbons (Fsp3) is 0.381. The minimum atomic E-state index is -3.46. The van der Waals surface area contributed by atoms with Crippen LogP contribution in [0.15, 0.2) is 34.8 Å². The number of sulfonamides is 1. The number of fused-ring (bicyclic) bond motifs is 1. The molecule has 0 atom stereocenters. The molecule has 3 rings (SSSR count). The van der Waals surface area contributed by atoms with Crippen molar-refractivity contribution >= 4 is 43.5 Å². The highest BCUT2D eigenvalue weighted by Gasteiger charge is 2.27. The van der Waals surface area contributed by atoms with Crippen molar-refractivity contribution < 1.29 is 22.7 Å². The van der Waals surface area contributed by atoms with E-state index in [9.17, 15) is 13.2 Å². The van der Waals surface area contributed by atoms with E-state index in [-0.39, 0.29) is 24.7 Å². The van der Waals surface area contributed by atoms with Crippen molar-refractivity contribution in [1.29, 1.82) is 0 Å². The lowest BCUT2D eigenvalue weighted by atomic mass is 10.0. The van der Waals surface area contributed by atoms with Gasteiger partial charge in [-0.3, -0.25) is 4.79 Å². The molecule has 0 aromatic heterocycles. The third kappa shape index (κ3) is 5.71. The Labute approximate surface area is 195 Å². The summed E-state index contributed by atoms with van der Waals surface area (Å²) in [4.78, 5) is 12.3. The Balaban J connectivity index is 1.57. The van der Waals surface area contributed by atoms with Gasteiger partial charge in [-0.2, -0.15) is 4.31 Å². The van der Waals surface area contributed by atoms with Gasteiger partial charge in [0.05, 0.1) is 30.6 Å². The lowest BCUT2D eigenvalue weighted by molar-refractivity contribution is 0.0953. The highest BCUT2D eigenvalue weighted by molar-refractivity contribution is 9.10. The van der Waals surface area contributed by atoms with E-state index < -0.39 is 10.0 Å². The van der Waals surface area contributed by atoms with Crippen LogP contribution in [-0.4, -0.2) is 51.7 Å². The van der Waals surface area contributed by atoms with Crippen LogP contribution >= 0.6 is 27.5 Å². The van der Waals surface area contributed by atoms with Gasteiger partial charge in [-0.05, 0) is 54.3 Å². The summed E-state index contributed by atoms with van der Waals surface area (Å²) < 4.78 is 38.5. The van der Waals surface area contributed by atoms with Gasteiger partial charge >= 0.3 is 0 Å². The highest BCUT2D eigenvalue weighted by atomic mass is 79.9. The SMILES string of the molecule is COc1cc2c(cc1OC)CN(S(=O)(=O)CCCNC(=O)c1cc(Br)ccc1Cl)CC2. The average Bonchev–Trinajstić information content (AvgIpc) is 2.76. The van der Waals surface area contributed by atoms with Crippen LogP contribution in [0, 0.1) is 0 Å². The second-order valence-corrected chi connectivity index (χ2v) is 10.5. The van der Waals surface area contributed by atoms with Crippen LogP contribution in [0.3, 0.4) is 0 Å². The van der Waals surface area contributed by atoms with Gasteiger partial charge < -0.3 is 14.8 Å². The lowest BCUT2D eigenvalue weighted by Crippen LogP contribution is -2.38. The first-order valence-corrected chi connectivity index (χ1v) is 12.5. The molecular formula is C21H24BrClN2O5S. The van der Waals surface area contributed by atoms with Gasteiger partial charge in [-0.25, -0.2) is 8.42 Å². The summed E-state index contributed by atoms with van der Waals surface area (Å²) in [5, 5.41) is 3.07. The van der Waals surface area contributed by atoms with Crippen LogP contribution < -0.4 is 14.8 Å². The molecule has 1 amide bonds. The summed E-state index contributed by atoms with van der Waals surface area (Å²) in [6.07, 6.45) is 0.905. The zero-order valence-corrected chi connectivity index (χ0v) is 20.4. The smallest absolute Gasteiger partial charge is 0.252 e. The molecule has 10 heteroatoms. The molecule has 1 N–H and O–H groups in total. The Bertz CT molecular complexity index is 1080. The zero-order chi connectivity index (χ0) is 22.6. The summed E-state index contributed by atoms with van der Waals surface area (Å²) in [7, 11) is -0.333. The molecule has 0 fully saturated rings. The van der Waals surface area contributed by atoms with Gasteiger partial charge in [-0.1, -0.05) is 27.5 Å². The van der Waals surface area contributed by atoms with Gasteiger partial charge in [0.2, 0.25) is 10.0 Å². The Kier molecular flexibility index (Phi) is 7.85. The number of halogens is 2. The third-order valence-electron chi connectivity index (χ3n) is 5.11. The van der Waals surface area contributed by atoms with E-state index in [1.54, 1.807) is 32.4 Å². The molecule has 2 aromatic rings. The molecule has 7 nitrogen and oxygen atoms in total. The average molecular weight is 532 g/mol. The molecular weight excluding hydrogens is 508 g/mol. The van der Waals surface area contributed by atoms with Crippen LogP contribution in [-0.2, 0) is 23.0 Å². The number of nitrogens with one attached hydrogen (secondary N) is 1. The normalized spacial score (nSPS) is 14.1. The summed E-state index contributed by atoms with van der Waals surface area (Å²) in [6.45, 7) is 0.930. The van der Waals surface area contributed by atoms with Gasteiger partial charge in [0.1, 0.15) is 0 Å². The Morgan fingerprint density at radius 2 is 1.84 bits per heavy atom. The van der Waals surface area contributed by atoms with Gasteiger partial charge in [0, 0.05) is 24.1 Å². The molecule has 2 aromatic carbocycles. The molecule has 0 bridgehead atoms. The number of benzene rings is 2. The molecule has 1 heterocycles. The molecule has 1 aliphatic rings. The number of amides is 1. The van der Waals surface area contributed by atoms with Gasteiger partial charge in [0.25, 0.3) is 5.91 Å². The van der Waals surface area contributed by atoms with Crippen LogP contribution in [0.1, 0.15) is 27.9 Å². The van der Waals surface area contributed by atoms with E-state index in [1.165, 1.54) is 4.31 Å². The molecule has 0 spiro atoms. The Morgan fingerprint density at radius 1 is 1.16 bits per heavy atom. The minimum absolute atomic E-state index is 0.0535. The number of rotatable bonds is 8. The maximum atomic E-state index is 12.8. The topological polar surface area (TPSA) is 84.9 Å². The molecule has 0 saturated heterocycles. The second-order valence-electron chi connectivity index (χ2n) is 7.11. The summed E-state index contributed by atoms with van der Waals surface area (Å²) in [5.74, 6) is 0.826. The van der Waals surface area contributed by atoms with Crippen LogP contribution in [0.5, 0.6) is 11.5 Å². The fourth-order valence-corrected chi connectivity index (χ4v) is 5.48. The minimum Gasteiger partial charge on any atom is -0.493 e. The maximum absolute atomic E-state index is 12.8. The first-order valence-electron chi connectivity index (χ1n) is 9.70. The number of ether oxygens (including phenoxy) is 2. The zero-order valence-electron chi connectivity index (χ0n) is 17.3. The van der Waals surface area contributed by atoms with Crippen LogP contribution in [0.2, 0.25) is 5.02 Å². The highest BCUT2D eigenvalue weighted by Crippen LogP contribution is 2.33. The quantitative estimate of drug-likeness (QED) is 0.526. The third-order valence-corrected chi connectivity index (χ3v) is 7.84. The summed E-state index contributed by atoms with van der Waals surface area (Å²) >= 11 is 9.37. The van der Waals surface area contributed by atoms with E-state index in [4.69, 9.17) is 21.1 Å². The van der Waals surface area contributed by atoms with Crippen molar-refractivity contribution in [3.05, 3.63) is 56.5 Å². The van der Waals surface area contributed by atoms with Crippen molar-refractivity contribution in [1.82, 2.24) is 9.62 Å². The molecule has 0 unspecified atom stereocenters. The van der Waals surface area contributed by atoms with Crippen molar-refractivity contribution in [3.63, 3.8) is 0 Å². The molecule has 168 valence electrons. The number of carbonyl (C=O) groups is 1. The monoisotopic (exact) mass is 530 g/mol. The standard InChI is InChI=1S/C21H24BrClN2O5S/c1-29-19-10-14-6-8-25(13-15(14)11-20(19)30-2)31(27,28)9-3-7-24-21(26)17-12-16(22)4-5-18(17)23/h4-5,10-12H,3,6-9,13H2,1-2H3,(H,24,26). The lowest BCUT2D eigenvalue weighted by Gasteiger charge is -2.29. The molecule has 0 saturated carbocycles. The van der Waals surface area contributed by atoms with Crippen LogP contribution in [0.25, 0.3) is 0 Å². The molecule has 0 radical (unpaired) electrons. The predicted octanol–water partition coefficient (Wildman–Crippen LogP) is 3.63. The number of hydrogen-bond acceptors (Lipinski definition) is 5. The fourth-order valence-electron chi connectivity index (χ4n) is 3.45. The number of carbonyl (C=O) groups excluding carboxylic acids is 1. The van der Waals surface area contributed by atoms with Crippen molar-refractivity contribution in [2.24, 2.45) is 0 Å².